The van der Waals surface area contributed by atoms with Crippen molar-refractivity contribution in [3.8, 4) is 0 Å². The SMILES string of the molecule is CC(Cl)C(=O)Nc1cc(F)c(F)cc1[N+](=O)[O-]. The minimum absolute atomic E-state index is 0.393. The summed E-state index contributed by atoms with van der Waals surface area (Å²) in [7, 11) is 0. The molecule has 0 aromatic heterocycles. The monoisotopic (exact) mass is 264 g/mol. The maximum absolute atomic E-state index is 12.9. The largest absolute Gasteiger partial charge is 0.319 e. The van der Waals surface area contributed by atoms with Crippen LogP contribution >= 0.6 is 11.6 Å². The molecule has 0 radical (unpaired) electrons. The van der Waals surface area contributed by atoms with Gasteiger partial charge in [-0.25, -0.2) is 8.78 Å². The highest BCUT2D eigenvalue weighted by Crippen LogP contribution is 2.27. The Kier molecular flexibility index (Phi) is 3.95. The van der Waals surface area contributed by atoms with Crippen LogP contribution in [0.3, 0.4) is 0 Å². The van der Waals surface area contributed by atoms with E-state index in [0.29, 0.717) is 12.1 Å². The fraction of sp³-hybridized carbons (Fsp3) is 0.222. The van der Waals surface area contributed by atoms with Gasteiger partial charge < -0.3 is 5.32 Å². The third-order valence-electron chi connectivity index (χ3n) is 1.85. The lowest BCUT2D eigenvalue weighted by molar-refractivity contribution is -0.384. The van der Waals surface area contributed by atoms with E-state index in [1.807, 2.05) is 5.32 Å². The number of carbonyl (C=O) groups is 1. The molecule has 1 aromatic rings. The van der Waals surface area contributed by atoms with Crippen LogP contribution in [0.4, 0.5) is 20.2 Å². The molecule has 0 aliphatic rings. The van der Waals surface area contributed by atoms with Gasteiger partial charge in [0.05, 0.1) is 11.0 Å². The zero-order valence-electron chi connectivity index (χ0n) is 8.54. The standard InChI is InChI=1S/C9H7ClF2N2O3/c1-4(10)9(15)13-7-2-5(11)6(12)3-8(7)14(16)17/h2-4H,1H3,(H,13,15). The van der Waals surface area contributed by atoms with Crippen molar-refractivity contribution < 1.29 is 18.5 Å². The van der Waals surface area contributed by atoms with Gasteiger partial charge in [-0.3, -0.25) is 14.9 Å². The van der Waals surface area contributed by atoms with Gasteiger partial charge in [-0.1, -0.05) is 0 Å². The predicted octanol–water partition coefficient (Wildman–Crippen LogP) is 2.44. The fourth-order valence-electron chi connectivity index (χ4n) is 1.02. The predicted molar refractivity (Wildman–Crippen MR) is 57.0 cm³/mol. The molecule has 1 rings (SSSR count). The highest BCUT2D eigenvalue weighted by Gasteiger charge is 2.21. The van der Waals surface area contributed by atoms with Crippen molar-refractivity contribution >= 4 is 28.9 Å². The fourth-order valence-corrected chi connectivity index (χ4v) is 1.07. The molecule has 0 aliphatic carbocycles. The summed E-state index contributed by atoms with van der Waals surface area (Å²) in [6, 6.07) is 0.925. The topological polar surface area (TPSA) is 72.2 Å². The number of amides is 1. The Labute approximate surface area is 99.5 Å². The Hall–Kier alpha value is -1.76. The first kappa shape index (κ1) is 13.3. The van der Waals surface area contributed by atoms with Crippen LogP contribution in [-0.4, -0.2) is 16.2 Å². The zero-order valence-corrected chi connectivity index (χ0v) is 9.29. The summed E-state index contributed by atoms with van der Waals surface area (Å²) in [5, 5.41) is 11.7. The van der Waals surface area contributed by atoms with Gasteiger partial charge in [-0.2, -0.15) is 0 Å². The lowest BCUT2D eigenvalue weighted by Crippen LogP contribution is -2.21. The van der Waals surface area contributed by atoms with Gasteiger partial charge in [-0.15, -0.1) is 11.6 Å². The number of nitrogens with one attached hydrogen (secondary N) is 1. The summed E-state index contributed by atoms with van der Waals surface area (Å²) in [6.45, 7) is 1.34. The molecule has 1 unspecified atom stereocenters. The van der Waals surface area contributed by atoms with E-state index in [0.717, 1.165) is 0 Å². The molecule has 1 atom stereocenters. The summed E-state index contributed by atoms with van der Waals surface area (Å²) in [5.41, 5.74) is -1.18. The molecule has 0 bridgehead atoms. The van der Waals surface area contributed by atoms with Crippen LogP contribution < -0.4 is 5.32 Å². The molecule has 1 amide bonds. The van der Waals surface area contributed by atoms with Crippen molar-refractivity contribution in [1.82, 2.24) is 0 Å². The first-order chi connectivity index (χ1) is 7.82. The number of halogens is 3. The summed E-state index contributed by atoms with van der Waals surface area (Å²) >= 11 is 5.43. The molecule has 0 spiro atoms. The molecule has 17 heavy (non-hydrogen) atoms. The lowest BCUT2D eigenvalue weighted by Gasteiger charge is -2.07. The maximum atomic E-state index is 12.9. The third-order valence-corrected chi connectivity index (χ3v) is 2.05. The number of hydrogen-bond acceptors (Lipinski definition) is 3. The molecule has 0 saturated heterocycles. The van der Waals surface area contributed by atoms with Gasteiger partial charge in [0.1, 0.15) is 11.1 Å². The minimum Gasteiger partial charge on any atom is -0.319 e. The highest BCUT2D eigenvalue weighted by molar-refractivity contribution is 6.32. The molecular weight excluding hydrogens is 258 g/mol. The van der Waals surface area contributed by atoms with Crippen LogP contribution in [0.15, 0.2) is 12.1 Å². The van der Waals surface area contributed by atoms with Crippen LogP contribution in [0, 0.1) is 21.7 Å². The number of benzene rings is 1. The van der Waals surface area contributed by atoms with E-state index in [1.54, 1.807) is 0 Å². The van der Waals surface area contributed by atoms with E-state index in [9.17, 15) is 23.7 Å². The molecule has 0 aliphatic heterocycles. The zero-order chi connectivity index (χ0) is 13.2. The molecule has 0 saturated carbocycles. The second kappa shape index (κ2) is 5.05. The second-order valence-corrected chi connectivity index (χ2v) is 3.80. The van der Waals surface area contributed by atoms with E-state index >= 15 is 0 Å². The molecule has 92 valence electrons. The lowest BCUT2D eigenvalue weighted by atomic mass is 10.2. The van der Waals surface area contributed by atoms with Crippen LogP contribution in [0.1, 0.15) is 6.92 Å². The molecule has 1 N–H and O–H groups in total. The van der Waals surface area contributed by atoms with E-state index in [1.165, 1.54) is 6.92 Å². The van der Waals surface area contributed by atoms with Crippen LogP contribution in [0.5, 0.6) is 0 Å². The number of rotatable bonds is 3. The first-order valence-electron chi connectivity index (χ1n) is 4.41. The number of nitro benzene ring substituents is 1. The number of nitrogens with zero attached hydrogens (tertiary/aromatic N) is 1. The van der Waals surface area contributed by atoms with Gasteiger partial charge in [0.15, 0.2) is 11.6 Å². The average Bonchev–Trinajstić information content (AvgIpc) is 2.22. The highest BCUT2D eigenvalue weighted by atomic mass is 35.5. The van der Waals surface area contributed by atoms with Crippen LogP contribution in [0.25, 0.3) is 0 Å². The van der Waals surface area contributed by atoms with E-state index in [2.05, 4.69) is 0 Å². The maximum Gasteiger partial charge on any atom is 0.295 e. The van der Waals surface area contributed by atoms with E-state index < -0.39 is 39.2 Å². The van der Waals surface area contributed by atoms with Crippen molar-refractivity contribution in [1.29, 1.82) is 0 Å². The molecular formula is C9H7ClF2N2O3. The van der Waals surface area contributed by atoms with Gasteiger partial charge in [0.2, 0.25) is 5.91 Å². The number of hydrogen-bond donors (Lipinski definition) is 1. The van der Waals surface area contributed by atoms with Crippen molar-refractivity contribution in [3.63, 3.8) is 0 Å². The Morgan fingerprint density at radius 3 is 2.47 bits per heavy atom. The first-order valence-corrected chi connectivity index (χ1v) is 4.85. The molecule has 0 heterocycles. The van der Waals surface area contributed by atoms with Crippen molar-refractivity contribution in [3.05, 3.63) is 33.9 Å². The molecule has 0 fully saturated rings. The van der Waals surface area contributed by atoms with Crippen LogP contribution in [0.2, 0.25) is 0 Å². The van der Waals surface area contributed by atoms with Crippen molar-refractivity contribution in [2.24, 2.45) is 0 Å². The average molecular weight is 265 g/mol. The third kappa shape index (κ3) is 3.10. The summed E-state index contributed by atoms with van der Waals surface area (Å²) in [4.78, 5) is 20.8. The van der Waals surface area contributed by atoms with Gasteiger partial charge in [0, 0.05) is 6.07 Å². The number of carbonyl (C=O) groups excluding carboxylic acids is 1. The van der Waals surface area contributed by atoms with Crippen molar-refractivity contribution in [2.75, 3.05) is 5.32 Å². The Morgan fingerprint density at radius 2 is 2.00 bits per heavy atom. The summed E-state index contributed by atoms with van der Waals surface area (Å²) < 4.78 is 25.7. The van der Waals surface area contributed by atoms with Crippen molar-refractivity contribution in [2.45, 2.75) is 12.3 Å². The quantitative estimate of drug-likeness (QED) is 0.518. The molecule has 5 nitrogen and oxygen atoms in total. The normalized spacial score (nSPS) is 12.0. The number of alkyl halides is 1. The van der Waals surface area contributed by atoms with Gasteiger partial charge in [-0.05, 0) is 6.92 Å². The molecule has 8 heteroatoms. The van der Waals surface area contributed by atoms with E-state index in [4.69, 9.17) is 11.6 Å². The van der Waals surface area contributed by atoms with Gasteiger partial charge in [0.25, 0.3) is 5.69 Å². The number of anilines is 1. The summed E-state index contributed by atoms with van der Waals surface area (Å²) in [5.74, 6) is -3.41. The Balaban J connectivity index is 3.17. The van der Waals surface area contributed by atoms with Crippen LogP contribution in [-0.2, 0) is 4.79 Å². The van der Waals surface area contributed by atoms with Gasteiger partial charge >= 0.3 is 0 Å². The minimum atomic E-state index is -1.37. The smallest absolute Gasteiger partial charge is 0.295 e. The summed E-state index contributed by atoms with van der Waals surface area (Å²) in [6.07, 6.45) is 0. The molecule has 1 aromatic carbocycles. The number of nitro groups is 1. The second-order valence-electron chi connectivity index (χ2n) is 3.15. The Morgan fingerprint density at radius 1 is 1.47 bits per heavy atom. The Bertz CT molecular complexity index is 480. The van der Waals surface area contributed by atoms with E-state index in [-0.39, 0.29) is 0 Å².